The van der Waals surface area contributed by atoms with Crippen molar-refractivity contribution in [3.05, 3.63) is 41.5 Å². The van der Waals surface area contributed by atoms with Crippen LogP contribution in [0.5, 0.6) is 0 Å². The molecule has 0 fully saturated rings. The molecule has 0 aliphatic rings. The molecule has 0 saturated carbocycles. The topological polar surface area (TPSA) is 40.5 Å². The SMILES string of the molecule is C[C](O)Cc1ccc(CCO)cc1. The van der Waals surface area contributed by atoms with E-state index in [1.54, 1.807) is 6.92 Å². The molecular weight excluding hydrogens is 164 g/mol. The predicted octanol–water partition coefficient (Wildman–Crippen LogP) is 1.69. The summed E-state index contributed by atoms with van der Waals surface area (Å²) in [5.74, 6) is 0. The highest BCUT2D eigenvalue weighted by atomic mass is 16.3. The highest BCUT2D eigenvalue weighted by Crippen LogP contribution is 2.09. The molecular formula is C11H15O2. The fourth-order valence-electron chi connectivity index (χ4n) is 1.25. The third kappa shape index (κ3) is 3.57. The summed E-state index contributed by atoms with van der Waals surface area (Å²) in [7, 11) is 0. The van der Waals surface area contributed by atoms with Crippen molar-refractivity contribution in [2.45, 2.75) is 19.8 Å². The van der Waals surface area contributed by atoms with Crippen LogP contribution in [0.3, 0.4) is 0 Å². The monoisotopic (exact) mass is 179 g/mol. The predicted molar refractivity (Wildman–Crippen MR) is 51.8 cm³/mol. The summed E-state index contributed by atoms with van der Waals surface area (Å²) < 4.78 is 0. The highest BCUT2D eigenvalue weighted by molar-refractivity contribution is 5.24. The maximum atomic E-state index is 9.06. The summed E-state index contributed by atoms with van der Waals surface area (Å²) in [4.78, 5) is 0. The number of hydrogen-bond acceptors (Lipinski definition) is 2. The van der Waals surface area contributed by atoms with Gasteiger partial charge in [-0.2, -0.15) is 0 Å². The van der Waals surface area contributed by atoms with Gasteiger partial charge in [0.05, 0.1) is 6.10 Å². The largest absolute Gasteiger partial charge is 0.396 e. The molecule has 13 heavy (non-hydrogen) atoms. The normalized spacial score (nSPS) is 10.8. The van der Waals surface area contributed by atoms with Crippen molar-refractivity contribution >= 4 is 0 Å². The van der Waals surface area contributed by atoms with Gasteiger partial charge in [0.2, 0.25) is 0 Å². The van der Waals surface area contributed by atoms with Crippen LogP contribution in [0.15, 0.2) is 24.3 Å². The van der Waals surface area contributed by atoms with E-state index in [0.29, 0.717) is 18.9 Å². The molecule has 0 atom stereocenters. The lowest BCUT2D eigenvalue weighted by molar-refractivity contribution is 0.299. The standard InChI is InChI=1S/C11H15O2/c1-9(13)8-11-4-2-10(3-5-11)6-7-12/h2-5,12-13H,6-8H2,1H3. The van der Waals surface area contributed by atoms with Gasteiger partial charge in [-0.25, -0.2) is 0 Å². The number of benzene rings is 1. The van der Waals surface area contributed by atoms with Crippen LogP contribution >= 0.6 is 0 Å². The Balaban J connectivity index is 2.59. The Labute approximate surface area is 78.8 Å². The molecule has 1 rings (SSSR count). The van der Waals surface area contributed by atoms with Crippen molar-refractivity contribution in [1.82, 2.24) is 0 Å². The van der Waals surface area contributed by atoms with Gasteiger partial charge in [0.25, 0.3) is 0 Å². The molecule has 0 saturated heterocycles. The molecule has 1 aromatic carbocycles. The van der Waals surface area contributed by atoms with Crippen molar-refractivity contribution < 1.29 is 10.2 Å². The Kier molecular flexibility index (Phi) is 3.93. The smallest absolute Gasteiger partial charge is 0.0946 e. The zero-order valence-electron chi connectivity index (χ0n) is 7.83. The van der Waals surface area contributed by atoms with E-state index >= 15 is 0 Å². The lowest BCUT2D eigenvalue weighted by Crippen LogP contribution is -1.96. The Morgan fingerprint density at radius 3 is 2.15 bits per heavy atom. The molecule has 0 unspecified atom stereocenters. The number of aliphatic hydroxyl groups is 2. The van der Waals surface area contributed by atoms with Crippen molar-refractivity contribution in [2.24, 2.45) is 0 Å². The van der Waals surface area contributed by atoms with E-state index in [2.05, 4.69) is 0 Å². The van der Waals surface area contributed by atoms with Crippen molar-refractivity contribution in [3.63, 3.8) is 0 Å². The van der Waals surface area contributed by atoms with E-state index in [1.807, 2.05) is 24.3 Å². The number of hydrogen-bond donors (Lipinski definition) is 2. The van der Waals surface area contributed by atoms with E-state index in [-0.39, 0.29) is 6.61 Å². The van der Waals surface area contributed by atoms with Crippen molar-refractivity contribution in [2.75, 3.05) is 6.61 Å². The minimum Gasteiger partial charge on any atom is -0.396 e. The number of aliphatic hydroxyl groups excluding tert-OH is 2. The summed E-state index contributed by atoms with van der Waals surface area (Å²) in [6, 6.07) is 7.92. The third-order valence-corrected chi connectivity index (χ3v) is 1.88. The Hall–Kier alpha value is -0.860. The van der Waals surface area contributed by atoms with Gasteiger partial charge < -0.3 is 10.2 Å². The maximum Gasteiger partial charge on any atom is 0.0946 e. The number of rotatable bonds is 4. The quantitative estimate of drug-likeness (QED) is 0.738. The van der Waals surface area contributed by atoms with Crippen LogP contribution in [-0.2, 0) is 12.8 Å². The van der Waals surface area contributed by atoms with Gasteiger partial charge in [-0.05, 0) is 24.5 Å². The molecule has 2 N–H and O–H groups in total. The molecule has 2 heteroatoms. The summed E-state index contributed by atoms with van der Waals surface area (Å²) in [5, 5.41) is 17.7. The van der Waals surface area contributed by atoms with Gasteiger partial charge in [-0.1, -0.05) is 24.3 Å². The molecule has 0 amide bonds. The molecule has 71 valence electrons. The lowest BCUT2D eigenvalue weighted by atomic mass is 10.1. The summed E-state index contributed by atoms with van der Waals surface area (Å²) in [6.07, 6.45) is 1.73. The second-order valence-corrected chi connectivity index (χ2v) is 3.20. The first-order valence-corrected chi connectivity index (χ1v) is 4.42. The van der Waals surface area contributed by atoms with Crippen molar-refractivity contribution in [3.8, 4) is 0 Å². The first kappa shape index (κ1) is 10.2. The molecule has 0 aromatic heterocycles. The average Bonchev–Trinajstić information content (AvgIpc) is 2.08. The Morgan fingerprint density at radius 1 is 1.15 bits per heavy atom. The van der Waals surface area contributed by atoms with Gasteiger partial charge in [0.15, 0.2) is 0 Å². The molecule has 0 heterocycles. The van der Waals surface area contributed by atoms with Crippen LogP contribution in [-0.4, -0.2) is 16.8 Å². The zero-order chi connectivity index (χ0) is 9.68. The van der Waals surface area contributed by atoms with E-state index in [1.165, 1.54) is 0 Å². The summed E-state index contributed by atoms with van der Waals surface area (Å²) >= 11 is 0. The fraction of sp³-hybridized carbons (Fsp3) is 0.364. The average molecular weight is 179 g/mol. The van der Waals surface area contributed by atoms with Gasteiger partial charge in [-0.3, -0.25) is 0 Å². The fourth-order valence-corrected chi connectivity index (χ4v) is 1.25. The first-order chi connectivity index (χ1) is 6.22. The Morgan fingerprint density at radius 2 is 1.69 bits per heavy atom. The van der Waals surface area contributed by atoms with Gasteiger partial charge in [-0.15, -0.1) is 0 Å². The highest BCUT2D eigenvalue weighted by Gasteiger charge is 1.99. The molecule has 0 bridgehead atoms. The van der Waals surface area contributed by atoms with Crippen LogP contribution in [0.25, 0.3) is 0 Å². The lowest BCUT2D eigenvalue weighted by Gasteiger charge is -2.04. The minimum absolute atomic E-state index is 0.185. The molecule has 0 aliphatic heterocycles. The van der Waals surface area contributed by atoms with Crippen molar-refractivity contribution in [1.29, 1.82) is 0 Å². The van der Waals surface area contributed by atoms with Gasteiger partial charge in [0, 0.05) is 13.0 Å². The maximum absolute atomic E-state index is 9.06. The van der Waals surface area contributed by atoms with Crippen LogP contribution in [0, 0.1) is 6.10 Å². The summed E-state index contributed by atoms with van der Waals surface area (Å²) in [5.41, 5.74) is 2.23. The van der Waals surface area contributed by atoms with Crippen LogP contribution in [0.2, 0.25) is 0 Å². The van der Waals surface area contributed by atoms with Gasteiger partial charge >= 0.3 is 0 Å². The Bertz CT molecular complexity index is 239. The van der Waals surface area contributed by atoms with E-state index in [0.717, 1.165) is 11.1 Å². The molecule has 0 aliphatic carbocycles. The summed E-state index contributed by atoms with van der Waals surface area (Å²) in [6.45, 7) is 1.88. The van der Waals surface area contributed by atoms with Crippen LogP contribution in [0.1, 0.15) is 18.1 Å². The van der Waals surface area contributed by atoms with E-state index in [4.69, 9.17) is 10.2 Å². The minimum atomic E-state index is 0.185. The molecule has 1 aromatic rings. The zero-order valence-corrected chi connectivity index (χ0v) is 7.83. The van der Waals surface area contributed by atoms with E-state index < -0.39 is 0 Å². The molecule has 1 radical (unpaired) electrons. The van der Waals surface area contributed by atoms with Crippen LogP contribution in [0.4, 0.5) is 0 Å². The first-order valence-electron chi connectivity index (χ1n) is 4.42. The third-order valence-electron chi connectivity index (χ3n) is 1.88. The van der Waals surface area contributed by atoms with Crippen LogP contribution < -0.4 is 0 Å². The second-order valence-electron chi connectivity index (χ2n) is 3.20. The van der Waals surface area contributed by atoms with Gasteiger partial charge in [0.1, 0.15) is 0 Å². The molecule has 2 nitrogen and oxygen atoms in total. The van der Waals surface area contributed by atoms with E-state index in [9.17, 15) is 0 Å². The molecule has 0 spiro atoms. The second kappa shape index (κ2) is 5.00.